The maximum atomic E-state index is 13.2. The number of halogens is 6. The van der Waals surface area contributed by atoms with Gasteiger partial charge in [-0.25, -0.2) is 9.00 Å². The number of carbonyl (C=O) groups is 2. The lowest BCUT2D eigenvalue weighted by atomic mass is 9.94. The third-order valence-electron chi connectivity index (χ3n) is 5.40. The third kappa shape index (κ3) is 5.47. The molecule has 0 fully saturated rings. The summed E-state index contributed by atoms with van der Waals surface area (Å²) in [4.78, 5) is 24.8. The number of carbonyl (C=O) groups excluding carboxylic acids is 2. The van der Waals surface area contributed by atoms with E-state index in [2.05, 4.69) is 9.68 Å². The maximum absolute atomic E-state index is 13.2. The average Bonchev–Trinajstić information content (AvgIpc) is 2.82. The van der Waals surface area contributed by atoms with E-state index < -0.39 is 50.5 Å². The Bertz CT molecular complexity index is 1570. The lowest BCUT2D eigenvalue weighted by molar-refractivity contribution is -0.169. The van der Waals surface area contributed by atoms with E-state index in [4.69, 9.17) is 0 Å². The highest BCUT2D eigenvalue weighted by Crippen LogP contribution is 2.38. The fourth-order valence-electron chi connectivity index (χ4n) is 3.68. The zero-order valence-electron chi connectivity index (χ0n) is 19.3. The fraction of sp³-hybridized carbons (Fsp3) is 0.217. The predicted octanol–water partition coefficient (Wildman–Crippen LogP) is 5.19. The fourth-order valence-corrected chi connectivity index (χ4v) is 5.17. The van der Waals surface area contributed by atoms with Crippen molar-refractivity contribution in [3.8, 4) is 12.1 Å². The van der Waals surface area contributed by atoms with Gasteiger partial charge < -0.3 is 5.32 Å². The molecule has 0 radical (unpaired) electrons. The second kappa shape index (κ2) is 9.83. The molecule has 0 saturated carbocycles. The van der Waals surface area contributed by atoms with Gasteiger partial charge in [0.2, 0.25) is 0 Å². The number of nitrogens with one attached hydrogen (secondary N) is 1. The van der Waals surface area contributed by atoms with Gasteiger partial charge in [-0.05, 0) is 42.8 Å². The molecular formula is C23H15F6N5O3S. The minimum atomic E-state index is -5.44. The highest BCUT2D eigenvalue weighted by atomic mass is 32.2. The first-order valence-corrected chi connectivity index (χ1v) is 12.2. The van der Waals surface area contributed by atoms with Gasteiger partial charge in [-0.2, -0.15) is 36.9 Å². The van der Waals surface area contributed by atoms with Gasteiger partial charge in [0.1, 0.15) is 0 Å². The quantitative estimate of drug-likeness (QED) is 0.522. The Labute approximate surface area is 211 Å². The molecule has 198 valence electrons. The molecule has 15 heteroatoms. The molecule has 1 heterocycles. The number of benzene rings is 2. The minimum Gasteiger partial charge on any atom is -0.326 e. The Morgan fingerprint density at radius 2 is 1.74 bits per heavy atom. The van der Waals surface area contributed by atoms with Crippen LogP contribution >= 0.6 is 0 Å². The lowest BCUT2D eigenvalue weighted by Gasteiger charge is -2.35. The van der Waals surface area contributed by atoms with Crippen molar-refractivity contribution in [2.45, 2.75) is 30.2 Å². The Kier molecular flexibility index (Phi) is 7.30. The summed E-state index contributed by atoms with van der Waals surface area (Å²) in [6.45, 7) is 1.26. The lowest BCUT2D eigenvalue weighted by Crippen LogP contribution is -2.46. The van der Waals surface area contributed by atoms with Crippen molar-refractivity contribution in [2.24, 2.45) is 4.36 Å². The number of anilines is 1. The number of amides is 3. The number of rotatable bonds is 3. The van der Waals surface area contributed by atoms with Crippen LogP contribution in [0.4, 0.5) is 36.8 Å². The van der Waals surface area contributed by atoms with Crippen LogP contribution in [-0.2, 0) is 20.7 Å². The van der Waals surface area contributed by atoms with Crippen molar-refractivity contribution in [3.63, 3.8) is 0 Å². The molecule has 0 bridgehead atoms. The van der Waals surface area contributed by atoms with Crippen LogP contribution in [0.2, 0.25) is 0 Å². The highest BCUT2D eigenvalue weighted by Gasteiger charge is 2.41. The summed E-state index contributed by atoms with van der Waals surface area (Å²) in [7, 11) is -4.18. The summed E-state index contributed by atoms with van der Waals surface area (Å²) in [5.41, 5.74) is -2.05. The molecule has 0 aromatic heterocycles. The second-order valence-electron chi connectivity index (χ2n) is 7.94. The minimum absolute atomic E-state index is 0.123. The molecule has 0 spiro atoms. The number of hydrogen-bond acceptors (Lipinski definition) is 5. The first-order valence-electron chi connectivity index (χ1n) is 10.3. The standard InChI is InChI=1S/C23H15F6N5O3S/c1-12-17(11-31)19(32-21(36)34(12)15-5-3-4-14(9-15)22(24,25)26)16-7-6-13(10-30)8-18(16)38(2,37)33-20(35)23(27,28)29/h3-9,19H,1-2H3,(H,32,36)/t19-,38?/m1/s1. The van der Waals surface area contributed by atoms with E-state index in [1.165, 1.54) is 19.1 Å². The van der Waals surface area contributed by atoms with Crippen LogP contribution in [0, 0.1) is 22.7 Å². The van der Waals surface area contributed by atoms with Gasteiger partial charge >= 0.3 is 24.3 Å². The summed E-state index contributed by atoms with van der Waals surface area (Å²) < 4.78 is 94.1. The molecule has 1 aliphatic rings. The van der Waals surface area contributed by atoms with Crippen molar-refractivity contribution in [1.29, 1.82) is 10.5 Å². The summed E-state index contributed by atoms with van der Waals surface area (Å²) in [5, 5.41) is 21.5. The zero-order chi connectivity index (χ0) is 28.6. The number of nitriles is 2. The van der Waals surface area contributed by atoms with Crippen molar-refractivity contribution in [1.82, 2.24) is 5.32 Å². The second-order valence-corrected chi connectivity index (χ2v) is 10.2. The first kappa shape index (κ1) is 28.2. The van der Waals surface area contributed by atoms with Crippen LogP contribution in [0.3, 0.4) is 0 Å². The third-order valence-corrected chi connectivity index (χ3v) is 7.08. The maximum Gasteiger partial charge on any atom is 0.474 e. The molecule has 38 heavy (non-hydrogen) atoms. The largest absolute Gasteiger partial charge is 0.474 e. The normalized spacial score (nSPS) is 17.7. The van der Waals surface area contributed by atoms with Crippen molar-refractivity contribution >= 4 is 27.4 Å². The van der Waals surface area contributed by atoms with Gasteiger partial charge in [0.15, 0.2) is 0 Å². The number of alkyl halides is 6. The SMILES string of the molecule is CC1=C(C#N)[C@@H](c2ccc(C#N)cc2S(C)(=O)=NC(=O)C(F)(F)F)NC(=O)N1c1cccc(C(F)(F)F)c1. The van der Waals surface area contributed by atoms with Crippen LogP contribution in [-0.4, -0.2) is 28.6 Å². The first-order chi connectivity index (χ1) is 17.5. The van der Waals surface area contributed by atoms with Gasteiger partial charge in [-0.15, -0.1) is 4.36 Å². The molecule has 0 saturated heterocycles. The number of urea groups is 1. The van der Waals surface area contributed by atoms with E-state index in [1.54, 1.807) is 12.1 Å². The Morgan fingerprint density at radius 1 is 1.08 bits per heavy atom. The summed E-state index contributed by atoms with van der Waals surface area (Å²) >= 11 is 0. The molecule has 1 unspecified atom stereocenters. The van der Waals surface area contributed by atoms with Gasteiger partial charge in [-0.3, -0.25) is 9.69 Å². The number of hydrogen-bond donors (Lipinski definition) is 1. The summed E-state index contributed by atoms with van der Waals surface area (Å²) in [5.74, 6) is -2.64. The summed E-state index contributed by atoms with van der Waals surface area (Å²) in [6, 6.07) is 7.99. The van der Waals surface area contributed by atoms with Crippen LogP contribution < -0.4 is 10.2 Å². The van der Waals surface area contributed by atoms with Gasteiger partial charge in [-0.1, -0.05) is 12.1 Å². The number of allylic oxidation sites excluding steroid dienone is 1. The Hall–Kier alpha value is -4.37. The van der Waals surface area contributed by atoms with Crippen molar-refractivity contribution in [3.05, 3.63) is 70.4 Å². The molecule has 1 N–H and O–H groups in total. The monoisotopic (exact) mass is 555 g/mol. The zero-order valence-corrected chi connectivity index (χ0v) is 20.1. The molecule has 0 aliphatic carbocycles. The van der Waals surface area contributed by atoms with Crippen LogP contribution in [0.1, 0.15) is 29.7 Å². The van der Waals surface area contributed by atoms with E-state index in [1.807, 2.05) is 0 Å². The van der Waals surface area contributed by atoms with Gasteiger partial charge in [0, 0.05) is 12.0 Å². The Morgan fingerprint density at radius 3 is 2.29 bits per heavy atom. The highest BCUT2D eigenvalue weighted by molar-refractivity contribution is 7.93. The van der Waals surface area contributed by atoms with Gasteiger partial charge in [0.25, 0.3) is 0 Å². The molecule has 2 atom stereocenters. The average molecular weight is 555 g/mol. The van der Waals surface area contributed by atoms with Crippen LogP contribution in [0.25, 0.3) is 0 Å². The number of nitrogens with zero attached hydrogens (tertiary/aromatic N) is 4. The predicted molar refractivity (Wildman–Crippen MR) is 120 cm³/mol. The van der Waals surface area contributed by atoms with E-state index in [-0.39, 0.29) is 28.1 Å². The topological polar surface area (TPSA) is 126 Å². The van der Waals surface area contributed by atoms with E-state index in [0.29, 0.717) is 6.07 Å². The van der Waals surface area contributed by atoms with Gasteiger partial charge in [0.05, 0.1) is 55.2 Å². The van der Waals surface area contributed by atoms with Crippen LogP contribution in [0.15, 0.2) is 63.0 Å². The summed E-state index contributed by atoms with van der Waals surface area (Å²) in [6.07, 6.45) is -9.44. The molecular weight excluding hydrogens is 540 g/mol. The molecule has 2 aromatic carbocycles. The van der Waals surface area contributed by atoms with Crippen molar-refractivity contribution in [2.75, 3.05) is 11.2 Å². The molecule has 3 amide bonds. The Balaban J connectivity index is 2.23. The smallest absolute Gasteiger partial charge is 0.326 e. The van der Waals surface area contributed by atoms with Crippen LogP contribution in [0.5, 0.6) is 0 Å². The molecule has 3 rings (SSSR count). The molecule has 2 aromatic rings. The molecule has 8 nitrogen and oxygen atoms in total. The molecule has 1 aliphatic heterocycles. The van der Waals surface area contributed by atoms with E-state index >= 15 is 0 Å². The van der Waals surface area contributed by atoms with Crippen molar-refractivity contribution < 1.29 is 40.1 Å². The van der Waals surface area contributed by atoms with E-state index in [9.17, 15) is 50.7 Å². The van der Waals surface area contributed by atoms with E-state index in [0.717, 1.165) is 35.4 Å².